The molecule has 3 nitrogen and oxygen atoms in total. The summed E-state index contributed by atoms with van der Waals surface area (Å²) in [4.78, 5) is 15.1. The van der Waals surface area contributed by atoms with E-state index in [4.69, 9.17) is 4.74 Å². The third-order valence-corrected chi connectivity index (χ3v) is 5.62. The summed E-state index contributed by atoms with van der Waals surface area (Å²) in [6.45, 7) is 7.52. The Balaban J connectivity index is 1.83. The van der Waals surface area contributed by atoms with Gasteiger partial charge in [0.1, 0.15) is 0 Å². The highest BCUT2D eigenvalue weighted by Crippen LogP contribution is 2.60. The van der Waals surface area contributed by atoms with Crippen molar-refractivity contribution in [3.63, 3.8) is 0 Å². The van der Waals surface area contributed by atoms with E-state index in [1.165, 1.54) is 19.3 Å². The highest BCUT2D eigenvalue weighted by Gasteiger charge is 2.57. The van der Waals surface area contributed by atoms with Crippen LogP contribution in [0.1, 0.15) is 39.5 Å². The molecular weight excluding hydrogens is 226 g/mol. The van der Waals surface area contributed by atoms with Gasteiger partial charge in [-0.15, -0.1) is 0 Å². The van der Waals surface area contributed by atoms with Crippen LogP contribution in [-0.2, 0) is 9.53 Å². The zero-order valence-corrected chi connectivity index (χ0v) is 11.7. The number of morpholine rings is 1. The van der Waals surface area contributed by atoms with E-state index in [1.54, 1.807) is 0 Å². The van der Waals surface area contributed by atoms with E-state index in [2.05, 4.69) is 18.7 Å². The van der Waals surface area contributed by atoms with Crippen molar-refractivity contribution in [1.29, 1.82) is 0 Å². The normalized spacial score (nSPS) is 39.6. The van der Waals surface area contributed by atoms with Crippen molar-refractivity contribution in [3.8, 4) is 0 Å². The van der Waals surface area contributed by atoms with Crippen LogP contribution in [0, 0.1) is 23.2 Å². The zero-order chi connectivity index (χ0) is 12.8. The van der Waals surface area contributed by atoms with Crippen molar-refractivity contribution < 1.29 is 9.53 Å². The van der Waals surface area contributed by atoms with Gasteiger partial charge in [0.2, 0.25) is 5.91 Å². The second kappa shape index (κ2) is 4.52. The fourth-order valence-corrected chi connectivity index (χ4v) is 4.65. The molecule has 3 atom stereocenters. The highest BCUT2D eigenvalue weighted by molar-refractivity contribution is 5.84. The van der Waals surface area contributed by atoms with Gasteiger partial charge in [0.15, 0.2) is 0 Å². The Hall–Kier alpha value is -0.570. The van der Waals surface area contributed by atoms with Crippen LogP contribution in [0.5, 0.6) is 0 Å². The highest BCUT2D eigenvalue weighted by atomic mass is 16.5. The van der Waals surface area contributed by atoms with E-state index in [0.717, 1.165) is 25.4 Å². The molecule has 0 aromatic rings. The monoisotopic (exact) mass is 251 g/mol. The first-order valence-corrected chi connectivity index (χ1v) is 7.51. The van der Waals surface area contributed by atoms with Crippen LogP contribution in [0.3, 0.4) is 0 Å². The third kappa shape index (κ3) is 1.70. The first-order valence-electron chi connectivity index (χ1n) is 7.51. The van der Waals surface area contributed by atoms with Crippen molar-refractivity contribution in [1.82, 2.24) is 4.90 Å². The van der Waals surface area contributed by atoms with E-state index < -0.39 is 0 Å². The number of hydrogen-bond acceptors (Lipinski definition) is 2. The van der Waals surface area contributed by atoms with Crippen LogP contribution >= 0.6 is 0 Å². The number of hydrogen-bond donors (Lipinski definition) is 0. The van der Waals surface area contributed by atoms with Crippen molar-refractivity contribution in [2.45, 2.75) is 39.5 Å². The topological polar surface area (TPSA) is 29.5 Å². The van der Waals surface area contributed by atoms with Gasteiger partial charge >= 0.3 is 0 Å². The van der Waals surface area contributed by atoms with Crippen LogP contribution < -0.4 is 0 Å². The number of carbonyl (C=O) groups is 1. The molecular formula is C15H25NO2. The number of ether oxygens (including phenoxy) is 1. The molecule has 2 bridgehead atoms. The fourth-order valence-electron chi connectivity index (χ4n) is 4.65. The fraction of sp³-hybridized carbons (Fsp3) is 0.933. The molecule has 1 amide bonds. The Kier molecular flexibility index (Phi) is 3.13. The number of carbonyl (C=O) groups excluding carboxylic acids is 1. The summed E-state index contributed by atoms with van der Waals surface area (Å²) in [6, 6.07) is 0. The summed E-state index contributed by atoms with van der Waals surface area (Å²) >= 11 is 0. The van der Waals surface area contributed by atoms with Gasteiger partial charge in [0.05, 0.1) is 18.6 Å². The first kappa shape index (κ1) is 12.5. The molecule has 18 heavy (non-hydrogen) atoms. The molecule has 102 valence electrons. The molecule has 1 saturated heterocycles. The molecule has 0 spiro atoms. The molecule has 0 radical (unpaired) electrons. The first-order chi connectivity index (χ1) is 8.64. The minimum atomic E-state index is -0.0414. The standard InChI is InChI=1S/C15H25NO2/c1-11(2)15(10-12-3-4-13(15)9-12)14(17)16-5-7-18-8-6-16/h11-13H,3-10H2,1-2H3. The smallest absolute Gasteiger partial charge is 0.229 e. The van der Waals surface area contributed by atoms with Gasteiger partial charge in [-0.2, -0.15) is 0 Å². The van der Waals surface area contributed by atoms with Crippen molar-refractivity contribution in [3.05, 3.63) is 0 Å². The van der Waals surface area contributed by atoms with E-state index >= 15 is 0 Å². The van der Waals surface area contributed by atoms with E-state index in [1.807, 2.05) is 0 Å². The van der Waals surface area contributed by atoms with E-state index in [9.17, 15) is 4.79 Å². The number of amides is 1. The average molecular weight is 251 g/mol. The number of nitrogens with zero attached hydrogens (tertiary/aromatic N) is 1. The summed E-state index contributed by atoms with van der Waals surface area (Å²) in [5.41, 5.74) is -0.0414. The predicted molar refractivity (Wildman–Crippen MR) is 70.1 cm³/mol. The lowest BCUT2D eigenvalue weighted by Gasteiger charge is -2.44. The molecule has 0 aromatic heterocycles. The minimum absolute atomic E-state index is 0.0414. The molecule has 3 unspecified atom stereocenters. The number of rotatable bonds is 2. The van der Waals surface area contributed by atoms with Gasteiger partial charge in [-0.1, -0.05) is 20.3 Å². The maximum atomic E-state index is 13.0. The zero-order valence-electron chi connectivity index (χ0n) is 11.7. The molecule has 2 aliphatic carbocycles. The molecule has 3 rings (SSSR count). The lowest BCUT2D eigenvalue weighted by atomic mass is 9.65. The Bertz CT molecular complexity index is 335. The minimum Gasteiger partial charge on any atom is -0.378 e. The molecule has 0 N–H and O–H groups in total. The summed E-state index contributed by atoms with van der Waals surface area (Å²) in [7, 11) is 0. The van der Waals surface area contributed by atoms with E-state index in [-0.39, 0.29) is 5.41 Å². The van der Waals surface area contributed by atoms with Crippen LogP contribution in [0.25, 0.3) is 0 Å². The molecule has 2 saturated carbocycles. The third-order valence-electron chi connectivity index (χ3n) is 5.62. The maximum absolute atomic E-state index is 13.0. The second-order valence-corrected chi connectivity index (χ2v) is 6.68. The number of fused-ring (bicyclic) bond motifs is 2. The molecule has 0 aromatic carbocycles. The van der Waals surface area contributed by atoms with Gasteiger partial charge in [0, 0.05) is 13.1 Å². The summed E-state index contributed by atoms with van der Waals surface area (Å²) < 4.78 is 5.37. The molecule has 1 heterocycles. The second-order valence-electron chi connectivity index (χ2n) is 6.68. The van der Waals surface area contributed by atoms with Crippen molar-refractivity contribution >= 4 is 5.91 Å². The SMILES string of the molecule is CC(C)C1(C(=O)N2CCOCC2)CC2CCC1C2. The van der Waals surface area contributed by atoms with Gasteiger partial charge in [0.25, 0.3) is 0 Å². The summed E-state index contributed by atoms with van der Waals surface area (Å²) in [5.74, 6) is 2.39. The Morgan fingerprint density at radius 1 is 1.28 bits per heavy atom. The summed E-state index contributed by atoms with van der Waals surface area (Å²) in [6.07, 6.45) is 5.08. The summed E-state index contributed by atoms with van der Waals surface area (Å²) in [5, 5.41) is 0. The average Bonchev–Trinajstić information content (AvgIpc) is 2.99. The van der Waals surface area contributed by atoms with E-state index in [0.29, 0.717) is 31.0 Å². The van der Waals surface area contributed by atoms with Gasteiger partial charge in [-0.25, -0.2) is 0 Å². The quantitative estimate of drug-likeness (QED) is 0.753. The molecule has 3 heteroatoms. The maximum Gasteiger partial charge on any atom is 0.229 e. The van der Waals surface area contributed by atoms with Crippen molar-refractivity contribution in [2.24, 2.45) is 23.2 Å². The van der Waals surface area contributed by atoms with Crippen LogP contribution in [0.4, 0.5) is 0 Å². The predicted octanol–water partition coefficient (Wildman–Crippen LogP) is 2.31. The van der Waals surface area contributed by atoms with Gasteiger partial charge in [-0.3, -0.25) is 4.79 Å². The molecule has 3 fully saturated rings. The van der Waals surface area contributed by atoms with Crippen LogP contribution in [0.2, 0.25) is 0 Å². The van der Waals surface area contributed by atoms with Gasteiger partial charge < -0.3 is 9.64 Å². The Labute approximate surface area is 110 Å². The lowest BCUT2D eigenvalue weighted by molar-refractivity contribution is -0.153. The molecule has 1 aliphatic heterocycles. The Morgan fingerprint density at radius 3 is 2.50 bits per heavy atom. The lowest BCUT2D eigenvalue weighted by Crippen LogP contribution is -2.53. The van der Waals surface area contributed by atoms with Crippen LogP contribution in [-0.4, -0.2) is 37.1 Å². The molecule has 3 aliphatic rings. The largest absolute Gasteiger partial charge is 0.378 e. The van der Waals surface area contributed by atoms with Crippen molar-refractivity contribution in [2.75, 3.05) is 26.3 Å². The van der Waals surface area contributed by atoms with Crippen LogP contribution in [0.15, 0.2) is 0 Å². The Morgan fingerprint density at radius 2 is 2.00 bits per heavy atom. The van der Waals surface area contributed by atoms with Gasteiger partial charge in [-0.05, 0) is 37.0 Å².